The van der Waals surface area contributed by atoms with Gasteiger partial charge < -0.3 is 4.74 Å². The van der Waals surface area contributed by atoms with Crippen molar-refractivity contribution in [2.45, 2.75) is 83.3 Å². The van der Waals surface area contributed by atoms with Crippen LogP contribution in [0.2, 0.25) is 0 Å². The molecular formula is C15H32N2O. The average molecular weight is 256 g/mol. The summed E-state index contributed by atoms with van der Waals surface area (Å²) in [5, 5.41) is 0. The van der Waals surface area contributed by atoms with Gasteiger partial charge in [0.25, 0.3) is 0 Å². The summed E-state index contributed by atoms with van der Waals surface area (Å²) in [6, 6.07) is 0.308. The van der Waals surface area contributed by atoms with Crippen LogP contribution in [0.4, 0.5) is 0 Å². The number of hydrogen-bond donors (Lipinski definition) is 2. The predicted molar refractivity (Wildman–Crippen MR) is 77.2 cm³/mol. The van der Waals surface area contributed by atoms with Crippen molar-refractivity contribution in [1.29, 1.82) is 0 Å². The number of hydrogen-bond acceptors (Lipinski definition) is 3. The van der Waals surface area contributed by atoms with E-state index in [-0.39, 0.29) is 5.60 Å². The molecular weight excluding hydrogens is 224 g/mol. The molecule has 0 aromatic heterocycles. The number of unbranched alkanes of at least 4 members (excludes halogenated alkanes) is 3. The second-order valence-corrected chi connectivity index (χ2v) is 6.04. The Morgan fingerprint density at radius 1 is 1.39 bits per heavy atom. The summed E-state index contributed by atoms with van der Waals surface area (Å²) >= 11 is 0. The van der Waals surface area contributed by atoms with Crippen LogP contribution in [0.3, 0.4) is 0 Å². The second-order valence-electron chi connectivity index (χ2n) is 6.04. The van der Waals surface area contributed by atoms with E-state index in [2.05, 4.69) is 19.3 Å². The van der Waals surface area contributed by atoms with Crippen molar-refractivity contribution >= 4 is 0 Å². The molecule has 3 nitrogen and oxygen atoms in total. The van der Waals surface area contributed by atoms with Crippen LogP contribution in [-0.4, -0.2) is 18.8 Å². The minimum absolute atomic E-state index is 0.0291. The minimum Gasteiger partial charge on any atom is -0.377 e. The van der Waals surface area contributed by atoms with Gasteiger partial charge in [0.2, 0.25) is 0 Å². The summed E-state index contributed by atoms with van der Waals surface area (Å²) in [7, 11) is 1.86. The molecule has 18 heavy (non-hydrogen) atoms. The molecule has 1 rings (SSSR count). The van der Waals surface area contributed by atoms with Crippen LogP contribution in [0.1, 0.15) is 71.6 Å². The Kier molecular flexibility index (Phi) is 7.20. The van der Waals surface area contributed by atoms with Gasteiger partial charge in [-0.2, -0.15) is 0 Å². The lowest BCUT2D eigenvalue weighted by atomic mass is 9.73. The fourth-order valence-electron chi connectivity index (χ4n) is 3.46. The molecule has 3 unspecified atom stereocenters. The quantitative estimate of drug-likeness (QED) is 0.397. The number of hydrazine groups is 1. The third-order valence-electron chi connectivity index (χ3n) is 4.58. The molecule has 1 saturated carbocycles. The normalized spacial score (nSPS) is 30.3. The van der Waals surface area contributed by atoms with E-state index in [1.165, 1.54) is 38.5 Å². The highest BCUT2D eigenvalue weighted by Gasteiger charge is 2.41. The van der Waals surface area contributed by atoms with Crippen LogP contribution in [0.15, 0.2) is 0 Å². The minimum atomic E-state index is -0.0291. The van der Waals surface area contributed by atoms with Crippen molar-refractivity contribution in [3.63, 3.8) is 0 Å². The first-order valence-corrected chi connectivity index (χ1v) is 7.69. The highest BCUT2D eigenvalue weighted by molar-refractivity contribution is 4.96. The molecule has 0 spiro atoms. The summed E-state index contributed by atoms with van der Waals surface area (Å²) in [4.78, 5) is 0. The predicted octanol–water partition coefficient (Wildman–Crippen LogP) is 3.38. The van der Waals surface area contributed by atoms with E-state index in [9.17, 15) is 0 Å². The number of nitrogens with two attached hydrogens (primary N) is 1. The summed E-state index contributed by atoms with van der Waals surface area (Å²) in [5.74, 6) is 6.55. The van der Waals surface area contributed by atoms with Crippen molar-refractivity contribution in [3.8, 4) is 0 Å². The molecule has 0 saturated heterocycles. The number of rotatable bonds is 8. The monoisotopic (exact) mass is 256 g/mol. The Balaban J connectivity index is 2.53. The molecule has 0 amide bonds. The Labute approximate surface area is 113 Å². The average Bonchev–Trinajstić information content (AvgIpc) is 2.38. The molecule has 0 aromatic carbocycles. The third-order valence-corrected chi connectivity index (χ3v) is 4.58. The lowest BCUT2D eigenvalue weighted by Crippen LogP contribution is -2.56. The number of ether oxygens (including phenoxy) is 1. The van der Waals surface area contributed by atoms with Gasteiger partial charge in [0.05, 0.1) is 11.6 Å². The fraction of sp³-hybridized carbons (Fsp3) is 1.00. The largest absolute Gasteiger partial charge is 0.377 e. The van der Waals surface area contributed by atoms with Gasteiger partial charge in [0.1, 0.15) is 0 Å². The van der Waals surface area contributed by atoms with Crippen LogP contribution in [-0.2, 0) is 4.74 Å². The van der Waals surface area contributed by atoms with Crippen LogP contribution < -0.4 is 11.3 Å². The molecule has 0 radical (unpaired) electrons. The Morgan fingerprint density at radius 2 is 2.17 bits per heavy atom. The highest BCUT2D eigenvalue weighted by atomic mass is 16.5. The van der Waals surface area contributed by atoms with Gasteiger partial charge >= 0.3 is 0 Å². The smallest absolute Gasteiger partial charge is 0.0846 e. The highest BCUT2D eigenvalue weighted by Crippen LogP contribution is 2.38. The maximum Gasteiger partial charge on any atom is 0.0846 e. The summed E-state index contributed by atoms with van der Waals surface area (Å²) in [6.45, 7) is 4.58. The molecule has 1 aliphatic rings. The van der Waals surface area contributed by atoms with Crippen LogP contribution in [0, 0.1) is 5.92 Å². The second kappa shape index (κ2) is 8.13. The van der Waals surface area contributed by atoms with Gasteiger partial charge in [-0.05, 0) is 25.2 Å². The first kappa shape index (κ1) is 15.9. The van der Waals surface area contributed by atoms with E-state index in [1.54, 1.807) is 0 Å². The maximum atomic E-state index is 5.92. The molecule has 1 fully saturated rings. The van der Waals surface area contributed by atoms with E-state index in [1.807, 2.05) is 7.11 Å². The molecule has 3 heteroatoms. The van der Waals surface area contributed by atoms with Gasteiger partial charge in [-0.1, -0.05) is 52.4 Å². The fourth-order valence-corrected chi connectivity index (χ4v) is 3.46. The molecule has 0 aliphatic heterocycles. The Morgan fingerprint density at radius 3 is 2.72 bits per heavy atom. The summed E-state index contributed by atoms with van der Waals surface area (Å²) in [5.41, 5.74) is 3.01. The number of nitrogens with one attached hydrogen (secondary N) is 1. The Bertz CT molecular complexity index is 223. The van der Waals surface area contributed by atoms with E-state index < -0.39 is 0 Å². The summed E-state index contributed by atoms with van der Waals surface area (Å²) < 4.78 is 5.92. The molecule has 3 atom stereocenters. The van der Waals surface area contributed by atoms with Gasteiger partial charge in [0.15, 0.2) is 0 Å². The van der Waals surface area contributed by atoms with E-state index in [0.29, 0.717) is 6.04 Å². The summed E-state index contributed by atoms with van der Waals surface area (Å²) in [6.07, 6.45) is 11.2. The van der Waals surface area contributed by atoms with E-state index >= 15 is 0 Å². The van der Waals surface area contributed by atoms with Gasteiger partial charge in [-0.15, -0.1) is 0 Å². The molecule has 3 N–H and O–H groups in total. The van der Waals surface area contributed by atoms with Crippen molar-refractivity contribution in [2.24, 2.45) is 11.8 Å². The zero-order valence-corrected chi connectivity index (χ0v) is 12.5. The topological polar surface area (TPSA) is 47.3 Å². The first-order chi connectivity index (χ1) is 8.68. The molecule has 0 heterocycles. The van der Waals surface area contributed by atoms with Crippen LogP contribution in [0.25, 0.3) is 0 Å². The zero-order chi connectivity index (χ0) is 13.4. The van der Waals surface area contributed by atoms with Crippen molar-refractivity contribution in [1.82, 2.24) is 5.43 Å². The van der Waals surface area contributed by atoms with Gasteiger partial charge in [-0.25, -0.2) is 0 Å². The Hall–Kier alpha value is -0.120. The lowest BCUT2D eigenvalue weighted by Gasteiger charge is -2.44. The van der Waals surface area contributed by atoms with Crippen molar-refractivity contribution in [2.75, 3.05) is 7.11 Å². The van der Waals surface area contributed by atoms with E-state index in [4.69, 9.17) is 10.6 Å². The van der Waals surface area contributed by atoms with Crippen LogP contribution >= 0.6 is 0 Å². The maximum absolute atomic E-state index is 5.92. The zero-order valence-electron chi connectivity index (χ0n) is 12.5. The standard InChI is InChI=1S/C15H32N2O/c1-4-5-6-7-10-14(17-16)15(18-3)11-8-9-13(2)12-15/h13-14,17H,4-12,16H2,1-3H3. The van der Waals surface area contributed by atoms with E-state index in [0.717, 1.165) is 25.2 Å². The SMILES string of the molecule is CCCCCCC(NN)C1(OC)CCCC(C)C1. The molecule has 0 aromatic rings. The molecule has 108 valence electrons. The molecule has 0 bridgehead atoms. The van der Waals surface area contributed by atoms with Gasteiger partial charge in [0, 0.05) is 7.11 Å². The van der Waals surface area contributed by atoms with Gasteiger partial charge in [-0.3, -0.25) is 11.3 Å². The first-order valence-electron chi connectivity index (χ1n) is 7.69. The lowest BCUT2D eigenvalue weighted by molar-refractivity contribution is -0.0814. The molecule has 1 aliphatic carbocycles. The van der Waals surface area contributed by atoms with Crippen molar-refractivity contribution < 1.29 is 4.74 Å². The van der Waals surface area contributed by atoms with Crippen LogP contribution in [0.5, 0.6) is 0 Å². The third kappa shape index (κ3) is 4.22. The number of methoxy groups -OCH3 is 1. The van der Waals surface area contributed by atoms with Crippen molar-refractivity contribution in [3.05, 3.63) is 0 Å².